The molecule has 2 N–H and O–H groups in total. The summed E-state index contributed by atoms with van der Waals surface area (Å²) in [5, 5.41) is 0. The number of unbranched alkanes of at least 4 members (excludes halogenated alkanes) is 1. The van der Waals surface area contributed by atoms with Gasteiger partial charge in [0.25, 0.3) is 0 Å². The third kappa shape index (κ3) is 11.4. The van der Waals surface area contributed by atoms with E-state index in [1.807, 2.05) is 20.8 Å². The minimum Gasteiger partial charge on any atom is -0.462 e. The van der Waals surface area contributed by atoms with Crippen LogP contribution in [0.4, 0.5) is 0 Å². The zero-order chi connectivity index (χ0) is 16.4. The summed E-state index contributed by atoms with van der Waals surface area (Å²) in [7, 11) is 0. The van der Waals surface area contributed by atoms with Crippen LogP contribution < -0.4 is 5.73 Å². The molecule has 0 aromatic rings. The first-order valence-electron chi connectivity index (χ1n) is 7.58. The van der Waals surface area contributed by atoms with Crippen LogP contribution in [-0.2, 0) is 19.0 Å². The van der Waals surface area contributed by atoms with Crippen molar-refractivity contribution in [3.63, 3.8) is 0 Å². The summed E-state index contributed by atoms with van der Waals surface area (Å²) in [6.45, 7) is 12.7. The highest BCUT2D eigenvalue weighted by molar-refractivity contribution is 5.81. The van der Waals surface area contributed by atoms with Crippen molar-refractivity contribution in [2.24, 2.45) is 5.73 Å². The minimum atomic E-state index is -0.666. The maximum atomic E-state index is 11.0. The molecule has 0 fully saturated rings. The predicted octanol–water partition coefficient (Wildman–Crippen LogP) is 2.78. The summed E-state index contributed by atoms with van der Waals surface area (Å²) in [6, 6.07) is 0. The van der Waals surface area contributed by atoms with Crippen molar-refractivity contribution in [1.29, 1.82) is 0 Å². The van der Waals surface area contributed by atoms with Gasteiger partial charge in [-0.05, 0) is 27.2 Å². The lowest BCUT2D eigenvalue weighted by Gasteiger charge is -2.29. The fourth-order valence-electron chi connectivity index (χ4n) is 1.58. The molecule has 0 aliphatic rings. The Morgan fingerprint density at radius 1 is 1.14 bits per heavy atom. The average molecular weight is 301 g/mol. The molecule has 0 amide bonds. The predicted molar refractivity (Wildman–Crippen MR) is 83.9 cm³/mol. The first kappa shape index (κ1) is 20.1. The summed E-state index contributed by atoms with van der Waals surface area (Å²) in [4.78, 5) is 11.0. The van der Waals surface area contributed by atoms with E-state index >= 15 is 0 Å². The maximum absolute atomic E-state index is 11.0. The Labute approximate surface area is 128 Å². The quantitative estimate of drug-likeness (QED) is 0.260. The summed E-state index contributed by atoms with van der Waals surface area (Å²) in [5.41, 5.74) is 5.02. The molecule has 0 aromatic heterocycles. The summed E-state index contributed by atoms with van der Waals surface area (Å²) in [6.07, 6.45) is 4.48. The molecule has 0 aromatic carbocycles. The molecule has 0 heterocycles. The molecule has 0 aliphatic heterocycles. The van der Waals surface area contributed by atoms with E-state index in [2.05, 4.69) is 13.5 Å². The van der Waals surface area contributed by atoms with Crippen LogP contribution in [0, 0.1) is 0 Å². The molecule has 5 heteroatoms. The number of hydrogen-bond acceptors (Lipinski definition) is 5. The topological polar surface area (TPSA) is 70.8 Å². The molecule has 0 saturated carbocycles. The molecule has 0 rings (SSSR count). The lowest BCUT2D eigenvalue weighted by Crippen LogP contribution is -2.41. The van der Waals surface area contributed by atoms with Crippen molar-refractivity contribution in [2.75, 3.05) is 19.8 Å². The van der Waals surface area contributed by atoms with Crippen LogP contribution in [-0.4, -0.2) is 37.1 Å². The molecule has 0 radical (unpaired) electrons. The maximum Gasteiger partial charge on any atom is 0.330 e. The molecule has 0 spiro atoms. The Morgan fingerprint density at radius 2 is 1.81 bits per heavy atom. The van der Waals surface area contributed by atoms with Gasteiger partial charge in [0.2, 0.25) is 0 Å². The van der Waals surface area contributed by atoms with Crippen LogP contribution in [0.5, 0.6) is 0 Å². The molecule has 21 heavy (non-hydrogen) atoms. The lowest BCUT2D eigenvalue weighted by molar-refractivity contribution is -0.140. The summed E-state index contributed by atoms with van der Waals surface area (Å²) < 4.78 is 16.4. The zero-order valence-electron chi connectivity index (χ0n) is 13.9. The Bertz CT molecular complexity index is 313. The van der Waals surface area contributed by atoms with Gasteiger partial charge in [-0.15, -0.1) is 0 Å². The van der Waals surface area contributed by atoms with Crippen LogP contribution in [0.3, 0.4) is 0 Å². The van der Waals surface area contributed by atoms with Crippen molar-refractivity contribution in [1.82, 2.24) is 0 Å². The van der Waals surface area contributed by atoms with E-state index in [0.717, 1.165) is 18.9 Å². The van der Waals surface area contributed by atoms with Crippen LogP contribution >= 0.6 is 0 Å². The summed E-state index contributed by atoms with van der Waals surface area (Å²) in [5.74, 6) is -0.412. The number of hydrogen-bond donors (Lipinski definition) is 1. The number of ether oxygens (including phenoxy) is 3. The van der Waals surface area contributed by atoms with Crippen molar-refractivity contribution in [3.8, 4) is 0 Å². The molecule has 0 bridgehead atoms. The standard InChI is InChI=1S/C16H31NO4/c1-6-8-11-21-16(5,17)10-13-20-15(3,4)9-12-19-14(18)7-2/h7H,2,6,8-13,17H2,1,3-5H3. The highest BCUT2D eigenvalue weighted by atomic mass is 16.5. The number of esters is 1. The van der Waals surface area contributed by atoms with Crippen molar-refractivity contribution < 1.29 is 19.0 Å². The Balaban J connectivity index is 3.90. The average Bonchev–Trinajstić information content (AvgIpc) is 2.37. The van der Waals surface area contributed by atoms with Crippen LogP contribution in [0.25, 0.3) is 0 Å². The Morgan fingerprint density at radius 3 is 2.38 bits per heavy atom. The lowest BCUT2D eigenvalue weighted by atomic mass is 10.1. The molecule has 1 unspecified atom stereocenters. The first-order chi connectivity index (χ1) is 9.72. The van der Waals surface area contributed by atoms with E-state index in [1.165, 1.54) is 0 Å². The van der Waals surface area contributed by atoms with Crippen molar-refractivity contribution in [3.05, 3.63) is 12.7 Å². The van der Waals surface area contributed by atoms with E-state index in [1.54, 1.807) is 0 Å². The second-order valence-electron chi connectivity index (χ2n) is 5.99. The fraction of sp³-hybridized carbons (Fsp3) is 0.812. The Kier molecular flexibility index (Phi) is 9.49. The van der Waals surface area contributed by atoms with Gasteiger partial charge in [-0.2, -0.15) is 0 Å². The fourth-order valence-corrected chi connectivity index (χ4v) is 1.58. The van der Waals surface area contributed by atoms with E-state index in [-0.39, 0.29) is 5.60 Å². The SMILES string of the molecule is C=CC(=O)OCCC(C)(C)OCCC(C)(N)OCCCC. The van der Waals surface area contributed by atoms with Crippen molar-refractivity contribution >= 4 is 5.97 Å². The van der Waals surface area contributed by atoms with Gasteiger partial charge < -0.3 is 19.9 Å². The van der Waals surface area contributed by atoms with Gasteiger partial charge in [-0.1, -0.05) is 19.9 Å². The number of carbonyl (C=O) groups is 1. The van der Waals surface area contributed by atoms with E-state index in [0.29, 0.717) is 32.7 Å². The normalized spacial score (nSPS) is 14.5. The van der Waals surface area contributed by atoms with Gasteiger partial charge in [0.05, 0.1) is 18.8 Å². The molecule has 5 nitrogen and oxygen atoms in total. The second kappa shape index (κ2) is 9.92. The number of carbonyl (C=O) groups excluding carboxylic acids is 1. The van der Waals surface area contributed by atoms with Gasteiger partial charge in [0.1, 0.15) is 5.72 Å². The second-order valence-corrected chi connectivity index (χ2v) is 5.99. The van der Waals surface area contributed by atoms with E-state index in [4.69, 9.17) is 19.9 Å². The van der Waals surface area contributed by atoms with E-state index < -0.39 is 11.7 Å². The summed E-state index contributed by atoms with van der Waals surface area (Å²) >= 11 is 0. The van der Waals surface area contributed by atoms with Gasteiger partial charge in [-0.25, -0.2) is 4.79 Å². The third-order valence-electron chi connectivity index (χ3n) is 3.14. The molecule has 1 atom stereocenters. The van der Waals surface area contributed by atoms with Crippen LogP contribution in [0.2, 0.25) is 0 Å². The molecular formula is C16H31NO4. The van der Waals surface area contributed by atoms with Gasteiger partial charge in [0, 0.05) is 25.5 Å². The minimum absolute atomic E-state index is 0.310. The Hall–Kier alpha value is -0.910. The molecule has 0 saturated heterocycles. The number of rotatable bonds is 12. The van der Waals surface area contributed by atoms with Crippen molar-refractivity contribution in [2.45, 2.75) is 64.7 Å². The third-order valence-corrected chi connectivity index (χ3v) is 3.14. The highest BCUT2D eigenvalue weighted by Crippen LogP contribution is 2.17. The molecule has 124 valence electrons. The van der Waals surface area contributed by atoms with Crippen LogP contribution in [0.1, 0.15) is 53.4 Å². The van der Waals surface area contributed by atoms with Crippen LogP contribution in [0.15, 0.2) is 12.7 Å². The van der Waals surface area contributed by atoms with Gasteiger partial charge >= 0.3 is 5.97 Å². The number of nitrogens with two attached hydrogens (primary N) is 1. The molecular weight excluding hydrogens is 270 g/mol. The highest BCUT2D eigenvalue weighted by Gasteiger charge is 2.23. The zero-order valence-corrected chi connectivity index (χ0v) is 13.9. The van der Waals surface area contributed by atoms with Gasteiger partial charge in [-0.3, -0.25) is 0 Å². The monoisotopic (exact) mass is 301 g/mol. The van der Waals surface area contributed by atoms with E-state index in [9.17, 15) is 4.79 Å². The first-order valence-corrected chi connectivity index (χ1v) is 7.58. The smallest absolute Gasteiger partial charge is 0.330 e. The largest absolute Gasteiger partial charge is 0.462 e. The molecule has 0 aliphatic carbocycles. The van der Waals surface area contributed by atoms with Gasteiger partial charge in [0.15, 0.2) is 0 Å².